The number of nitrogens with one attached hydrogen (secondary N) is 1. The molecule has 0 radical (unpaired) electrons. The van der Waals surface area contributed by atoms with Gasteiger partial charge in [-0.15, -0.1) is 0 Å². The maximum atomic E-state index is 9.81. The molecule has 0 unspecified atom stereocenters. The maximum Gasteiger partial charge on any atom is 0.120 e. The van der Waals surface area contributed by atoms with Crippen molar-refractivity contribution in [1.29, 1.82) is 0 Å². The molecular weight excluding hydrogens is 316 g/mol. The molecule has 2 N–H and O–H groups in total. The summed E-state index contributed by atoms with van der Waals surface area (Å²) in [6, 6.07) is 15.4. The third kappa shape index (κ3) is 2.75. The molecule has 100 valence electrons. The summed E-state index contributed by atoms with van der Waals surface area (Å²) in [5.41, 5.74) is 2.83. The molecule has 0 atom stereocenters. The summed E-state index contributed by atoms with van der Waals surface area (Å²) < 4.78 is 0.954. The van der Waals surface area contributed by atoms with Gasteiger partial charge in [-0.05, 0) is 42.5 Å². The largest absolute Gasteiger partial charge is 0.508 e. The van der Waals surface area contributed by atoms with Crippen molar-refractivity contribution in [1.82, 2.24) is 4.98 Å². The molecular formula is C16H13BrN2O. The van der Waals surface area contributed by atoms with Gasteiger partial charge >= 0.3 is 0 Å². The van der Waals surface area contributed by atoms with E-state index in [4.69, 9.17) is 0 Å². The Morgan fingerprint density at radius 3 is 2.90 bits per heavy atom. The summed E-state index contributed by atoms with van der Waals surface area (Å²) in [4.78, 5) is 4.29. The number of nitrogens with zero attached hydrogens (tertiary/aromatic N) is 1. The lowest BCUT2D eigenvalue weighted by molar-refractivity contribution is 0.469. The number of fused-ring (bicyclic) bond motifs is 1. The zero-order chi connectivity index (χ0) is 13.9. The first-order valence-corrected chi connectivity index (χ1v) is 7.08. The SMILES string of the molecule is Oc1ccc(Br)cc1CNc1ccc2ncccc2c1. The number of hydrogen-bond donors (Lipinski definition) is 2. The predicted octanol–water partition coefficient (Wildman–Crippen LogP) is 4.32. The van der Waals surface area contributed by atoms with Gasteiger partial charge in [0, 0.05) is 33.9 Å². The van der Waals surface area contributed by atoms with E-state index in [0.29, 0.717) is 12.3 Å². The summed E-state index contributed by atoms with van der Waals surface area (Å²) in [5, 5.41) is 14.2. The quantitative estimate of drug-likeness (QED) is 0.752. The van der Waals surface area contributed by atoms with Crippen LogP contribution in [0.15, 0.2) is 59.2 Å². The molecule has 2 aromatic carbocycles. The molecule has 0 amide bonds. The van der Waals surface area contributed by atoms with Crippen LogP contribution in [-0.4, -0.2) is 10.1 Å². The number of benzene rings is 2. The van der Waals surface area contributed by atoms with Gasteiger partial charge in [-0.3, -0.25) is 4.98 Å². The Kier molecular flexibility index (Phi) is 3.56. The van der Waals surface area contributed by atoms with Gasteiger partial charge in [0.25, 0.3) is 0 Å². The number of phenolic OH excluding ortho intramolecular Hbond substituents is 1. The number of anilines is 1. The molecule has 0 fully saturated rings. The van der Waals surface area contributed by atoms with Gasteiger partial charge in [0.1, 0.15) is 5.75 Å². The lowest BCUT2D eigenvalue weighted by Crippen LogP contribution is -1.99. The van der Waals surface area contributed by atoms with E-state index >= 15 is 0 Å². The van der Waals surface area contributed by atoms with Crippen LogP contribution in [0.1, 0.15) is 5.56 Å². The van der Waals surface area contributed by atoms with Crippen molar-refractivity contribution in [3.05, 3.63) is 64.8 Å². The molecule has 0 saturated heterocycles. The fraction of sp³-hybridized carbons (Fsp3) is 0.0625. The number of hydrogen-bond acceptors (Lipinski definition) is 3. The second-order valence-corrected chi connectivity index (χ2v) is 5.45. The highest BCUT2D eigenvalue weighted by atomic mass is 79.9. The van der Waals surface area contributed by atoms with E-state index in [1.807, 2.05) is 36.4 Å². The fourth-order valence-corrected chi connectivity index (χ4v) is 2.49. The highest BCUT2D eigenvalue weighted by molar-refractivity contribution is 9.10. The molecule has 1 aromatic heterocycles. The monoisotopic (exact) mass is 328 g/mol. The molecule has 3 aromatic rings. The molecule has 0 bridgehead atoms. The minimum Gasteiger partial charge on any atom is -0.508 e. The smallest absolute Gasteiger partial charge is 0.120 e. The Bertz CT molecular complexity index is 758. The van der Waals surface area contributed by atoms with Crippen molar-refractivity contribution in [2.45, 2.75) is 6.54 Å². The molecule has 0 aliphatic carbocycles. The summed E-state index contributed by atoms with van der Waals surface area (Å²) in [5.74, 6) is 0.295. The molecule has 1 heterocycles. The van der Waals surface area contributed by atoms with E-state index in [9.17, 15) is 5.11 Å². The lowest BCUT2D eigenvalue weighted by atomic mass is 10.1. The van der Waals surface area contributed by atoms with Crippen LogP contribution in [0.2, 0.25) is 0 Å². The molecule has 20 heavy (non-hydrogen) atoms. The molecule has 0 saturated carbocycles. The number of aromatic hydroxyl groups is 1. The van der Waals surface area contributed by atoms with Crippen molar-refractivity contribution in [2.75, 3.05) is 5.32 Å². The van der Waals surface area contributed by atoms with Gasteiger partial charge in [-0.1, -0.05) is 22.0 Å². The number of pyridine rings is 1. The van der Waals surface area contributed by atoms with Crippen LogP contribution in [0.4, 0.5) is 5.69 Å². The van der Waals surface area contributed by atoms with Gasteiger partial charge in [-0.25, -0.2) is 0 Å². The van der Waals surface area contributed by atoms with Crippen LogP contribution >= 0.6 is 15.9 Å². The Labute approximate surface area is 125 Å². The Morgan fingerprint density at radius 2 is 2.00 bits per heavy atom. The summed E-state index contributed by atoms with van der Waals surface area (Å²) in [6.45, 7) is 0.567. The van der Waals surface area contributed by atoms with Gasteiger partial charge in [-0.2, -0.15) is 0 Å². The normalized spacial score (nSPS) is 10.7. The Morgan fingerprint density at radius 1 is 1.10 bits per heavy atom. The fourth-order valence-electron chi connectivity index (χ4n) is 2.08. The minimum atomic E-state index is 0.295. The van der Waals surface area contributed by atoms with E-state index in [1.165, 1.54) is 0 Å². The zero-order valence-corrected chi connectivity index (χ0v) is 12.3. The molecule has 0 spiro atoms. The van der Waals surface area contributed by atoms with Gasteiger partial charge in [0.2, 0.25) is 0 Å². The lowest BCUT2D eigenvalue weighted by Gasteiger charge is -2.09. The molecule has 3 nitrogen and oxygen atoms in total. The number of halogens is 1. The maximum absolute atomic E-state index is 9.81. The van der Waals surface area contributed by atoms with Gasteiger partial charge in [0.05, 0.1) is 5.52 Å². The van der Waals surface area contributed by atoms with Crippen LogP contribution < -0.4 is 5.32 Å². The second kappa shape index (κ2) is 5.51. The second-order valence-electron chi connectivity index (χ2n) is 4.54. The molecule has 0 aliphatic rings. The third-order valence-electron chi connectivity index (χ3n) is 3.13. The van der Waals surface area contributed by atoms with Crippen molar-refractivity contribution in [3.8, 4) is 5.75 Å². The van der Waals surface area contributed by atoms with E-state index in [2.05, 4.69) is 32.3 Å². The first-order chi connectivity index (χ1) is 9.72. The Balaban J connectivity index is 1.81. The average Bonchev–Trinajstić information content (AvgIpc) is 2.48. The topological polar surface area (TPSA) is 45.1 Å². The van der Waals surface area contributed by atoms with E-state index in [-0.39, 0.29) is 0 Å². The molecule has 4 heteroatoms. The first kappa shape index (κ1) is 12.9. The van der Waals surface area contributed by atoms with Crippen molar-refractivity contribution >= 4 is 32.5 Å². The van der Waals surface area contributed by atoms with Crippen molar-refractivity contribution in [2.24, 2.45) is 0 Å². The first-order valence-electron chi connectivity index (χ1n) is 6.28. The van der Waals surface area contributed by atoms with Crippen molar-refractivity contribution < 1.29 is 5.11 Å². The Hall–Kier alpha value is -2.07. The molecule has 3 rings (SSSR count). The van der Waals surface area contributed by atoms with Crippen molar-refractivity contribution in [3.63, 3.8) is 0 Å². The highest BCUT2D eigenvalue weighted by Crippen LogP contribution is 2.23. The van der Waals surface area contributed by atoms with Gasteiger partial charge < -0.3 is 10.4 Å². The van der Waals surface area contributed by atoms with E-state index in [0.717, 1.165) is 26.6 Å². The summed E-state index contributed by atoms with van der Waals surface area (Å²) in [6.07, 6.45) is 1.79. The van der Waals surface area contributed by atoms with Crippen LogP contribution in [0.25, 0.3) is 10.9 Å². The third-order valence-corrected chi connectivity index (χ3v) is 3.62. The van der Waals surface area contributed by atoms with Crippen LogP contribution in [0.5, 0.6) is 5.75 Å². The van der Waals surface area contributed by atoms with Gasteiger partial charge in [0.15, 0.2) is 0 Å². The number of phenols is 1. The summed E-state index contributed by atoms with van der Waals surface area (Å²) in [7, 11) is 0. The minimum absolute atomic E-state index is 0.295. The van der Waals surface area contributed by atoms with E-state index in [1.54, 1.807) is 12.3 Å². The van der Waals surface area contributed by atoms with Crippen LogP contribution in [0, 0.1) is 0 Å². The number of aromatic nitrogens is 1. The molecule has 0 aliphatic heterocycles. The average molecular weight is 329 g/mol. The predicted molar refractivity (Wildman–Crippen MR) is 84.9 cm³/mol. The highest BCUT2D eigenvalue weighted by Gasteiger charge is 2.02. The van der Waals surface area contributed by atoms with E-state index < -0.39 is 0 Å². The standard InChI is InChI=1S/C16H13BrN2O/c17-13-3-6-16(20)12(8-13)10-19-14-4-5-15-11(9-14)2-1-7-18-15/h1-9,19-20H,10H2. The van der Waals surface area contributed by atoms with Crippen LogP contribution in [0.3, 0.4) is 0 Å². The number of rotatable bonds is 3. The zero-order valence-electron chi connectivity index (χ0n) is 10.7. The summed E-state index contributed by atoms with van der Waals surface area (Å²) >= 11 is 3.41. The van der Waals surface area contributed by atoms with Crippen LogP contribution in [-0.2, 0) is 6.54 Å².